The van der Waals surface area contributed by atoms with E-state index in [4.69, 9.17) is 28.4 Å². The normalized spacial score (nSPS) is 32.5. The average Bonchev–Trinajstić information content (AvgIpc) is 3.17. The number of fused-ring (bicyclic) bond motifs is 5. The molecule has 4 aliphatic rings. The number of ketones is 1. The van der Waals surface area contributed by atoms with Crippen LogP contribution in [0.3, 0.4) is 0 Å². The molecule has 0 spiro atoms. The Kier molecular flexibility index (Phi) is 12.1. The number of aliphatic hydroxyl groups is 3. The van der Waals surface area contributed by atoms with Gasteiger partial charge in [-0.05, 0) is 63.5 Å². The van der Waals surface area contributed by atoms with E-state index in [0.717, 1.165) is 13.8 Å². The minimum atomic E-state index is -2.39. The van der Waals surface area contributed by atoms with E-state index in [1.54, 1.807) is 69.3 Å². The summed E-state index contributed by atoms with van der Waals surface area (Å²) in [5.41, 5.74) is -8.34. The van der Waals surface area contributed by atoms with Crippen LogP contribution in [0.2, 0.25) is 0 Å². The first-order chi connectivity index (χ1) is 28.4. The van der Waals surface area contributed by atoms with Crippen LogP contribution >= 0.6 is 0 Å². The third-order valence-electron chi connectivity index (χ3n) is 12.8. The second kappa shape index (κ2) is 16.3. The lowest BCUT2D eigenvalue weighted by Crippen LogP contribution is -2.81. The number of hydrogen-bond donors (Lipinski definition) is 4. The molecule has 61 heavy (non-hydrogen) atoms. The number of carbonyl (C=O) groups is 6. The van der Waals surface area contributed by atoms with Gasteiger partial charge in [-0.15, -0.1) is 0 Å². The van der Waals surface area contributed by atoms with Crippen molar-refractivity contribution in [1.82, 2.24) is 5.32 Å². The van der Waals surface area contributed by atoms with Crippen molar-refractivity contribution >= 4 is 35.8 Å². The van der Waals surface area contributed by atoms with Gasteiger partial charge >= 0.3 is 30.0 Å². The van der Waals surface area contributed by atoms with Gasteiger partial charge in [-0.3, -0.25) is 14.4 Å². The molecule has 2 aromatic carbocycles. The van der Waals surface area contributed by atoms with Gasteiger partial charge in [0, 0.05) is 32.1 Å². The predicted octanol–water partition coefficient (Wildman–Crippen LogP) is 3.83. The molecule has 2 saturated carbocycles. The first-order valence-corrected chi connectivity index (χ1v) is 20.2. The SMILES string of the molecule is CC(=O)O[C@@H](C(=O)O[C@H]1C[C@@]2(O)C(OC(=O)c3ccccc3)C3[C@](C)(C(=O)[C@H](O)C(=C1C)C2(C)C)[C@@H](O)C[C@H]1OC[C@@]31OC(C)=O)[C@@H](NC(=O)OC(C)(C)C)c1ccccc1. The minimum absolute atomic E-state index is 0.0673. The van der Waals surface area contributed by atoms with Crippen LogP contribution in [-0.4, -0.2) is 111 Å². The highest BCUT2D eigenvalue weighted by Gasteiger charge is 2.78. The lowest BCUT2D eigenvalue weighted by Gasteiger charge is -2.67. The summed E-state index contributed by atoms with van der Waals surface area (Å²) < 4.78 is 35.4. The molecule has 0 aromatic heterocycles. The van der Waals surface area contributed by atoms with E-state index >= 15 is 4.79 Å². The van der Waals surface area contributed by atoms with Gasteiger partial charge in [0.25, 0.3) is 0 Å². The number of alkyl carbamates (subject to hydrolysis) is 1. The van der Waals surface area contributed by atoms with Crippen LogP contribution in [0.1, 0.15) is 97.1 Å². The molecule has 1 amide bonds. The van der Waals surface area contributed by atoms with Crippen molar-refractivity contribution in [3.8, 4) is 0 Å². The monoisotopic (exact) mass is 849 g/mol. The van der Waals surface area contributed by atoms with Crippen LogP contribution in [0, 0.1) is 16.7 Å². The van der Waals surface area contributed by atoms with Gasteiger partial charge < -0.3 is 49.1 Å². The number of amides is 1. The van der Waals surface area contributed by atoms with Crippen molar-refractivity contribution in [1.29, 1.82) is 0 Å². The van der Waals surface area contributed by atoms with Crippen LogP contribution in [0.25, 0.3) is 0 Å². The molecule has 11 atom stereocenters. The van der Waals surface area contributed by atoms with E-state index in [-0.39, 0.29) is 29.7 Å². The summed E-state index contributed by atoms with van der Waals surface area (Å²) in [5.74, 6) is -6.29. The van der Waals surface area contributed by atoms with Crippen LogP contribution in [0.4, 0.5) is 4.79 Å². The molecule has 0 radical (unpaired) electrons. The minimum Gasteiger partial charge on any atom is -0.455 e. The number of aliphatic hydroxyl groups excluding tert-OH is 2. The van der Waals surface area contributed by atoms with E-state index in [1.165, 1.54) is 39.8 Å². The molecule has 2 bridgehead atoms. The summed E-state index contributed by atoms with van der Waals surface area (Å²) in [6.45, 7) is 12.8. The standard InChI is InChI=1S/C45H55NO15/c1-23-28(58-39(53)34(57-24(2)47)32(26-16-12-10-13-17-26)46-40(54)61-41(4,5)6)21-45(55)37(59-38(52)27-18-14-11-15-19-27)35-43(9,36(51)33(50)31(23)42(45,7)8)29(49)20-30-44(35,22-56-30)60-25(3)48/h10-19,28-30,32-35,37,49-50,55H,20-22H2,1-9H3,(H,46,54)/t28-,29-,30+,32-,33+,34+,35?,37?,43+,44-,45+/m0/s1. The number of nitrogens with one attached hydrogen (secondary N) is 1. The van der Waals surface area contributed by atoms with E-state index in [9.17, 15) is 39.3 Å². The smallest absolute Gasteiger partial charge is 0.408 e. The number of carbonyl (C=O) groups excluding carboxylic acids is 6. The van der Waals surface area contributed by atoms with Crippen LogP contribution in [-0.2, 0) is 47.6 Å². The molecule has 2 aromatic rings. The average molecular weight is 850 g/mol. The fourth-order valence-corrected chi connectivity index (χ4v) is 9.84. The highest BCUT2D eigenvalue weighted by atomic mass is 16.6. The second-order valence-electron chi connectivity index (χ2n) is 18.2. The van der Waals surface area contributed by atoms with E-state index in [2.05, 4.69) is 5.32 Å². The summed E-state index contributed by atoms with van der Waals surface area (Å²) in [6.07, 6.45) is -11.5. The lowest BCUT2D eigenvalue weighted by atomic mass is 9.44. The van der Waals surface area contributed by atoms with Crippen molar-refractivity contribution in [2.45, 2.75) is 135 Å². The second-order valence-corrected chi connectivity index (χ2v) is 18.2. The molecule has 3 aliphatic carbocycles. The Balaban J connectivity index is 1.52. The zero-order valence-corrected chi connectivity index (χ0v) is 35.8. The zero-order chi connectivity index (χ0) is 45.0. The van der Waals surface area contributed by atoms with Crippen molar-refractivity contribution in [3.05, 3.63) is 82.9 Å². The molecule has 6 rings (SSSR count). The molecule has 1 aliphatic heterocycles. The molecule has 3 fully saturated rings. The number of ether oxygens (including phenoxy) is 6. The Morgan fingerprint density at radius 2 is 1.51 bits per heavy atom. The van der Waals surface area contributed by atoms with Crippen molar-refractivity contribution in [2.75, 3.05) is 6.61 Å². The molecule has 16 nitrogen and oxygen atoms in total. The Labute approximate surface area is 353 Å². The molecule has 4 N–H and O–H groups in total. The van der Waals surface area contributed by atoms with Gasteiger partial charge in [0.1, 0.15) is 41.7 Å². The topological polar surface area (TPSA) is 231 Å². The van der Waals surface area contributed by atoms with Gasteiger partial charge in [-0.25, -0.2) is 14.4 Å². The molecule has 2 unspecified atom stereocenters. The Morgan fingerprint density at radius 3 is 2.05 bits per heavy atom. The molecular weight excluding hydrogens is 794 g/mol. The highest BCUT2D eigenvalue weighted by molar-refractivity contribution is 5.94. The Morgan fingerprint density at radius 1 is 0.902 bits per heavy atom. The highest BCUT2D eigenvalue weighted by Crippen LogP contribution is 2.64. The first kappa shape index (κ1) is 45.4. The number of esters is 4. The van der Waals surface area contributed by atoms with Crippen LogP contribution < -0.4 is 5.32 Å². The number of benzene rings is 2. The Bertz CT molecular complexity index is 2100. The van der Waals surface area contributed by atoms with Gasteiger partial charge in [0.2, 0.25) is 6.10 Å². The van der Waals surface area contributed by atoms with Crippen LogP contribution in [0.15, 0.2) is 71.8 Å². The molecule has 330 valence electrons. The summed E-state index contributed by atoms with van der Waals surface area (Å²) in [4.78, 5) is 82.6. The summed E-state index contributed by atoms with van der Waals surface area (Å²) >= 11 is 0. The predicted molar refractivity (Wildman–Crippen MR) is 213 cm³/mol. The third-order valence-corrected chi connectivity index (χ3v) is 12.8. The molecule has 1 heterocycles. The summed E-state index contributed by atoms with van der Waals surface area (Å²) in [7, 11) is 0. The first-order valence-electron chi connectivity index (χ1n) is 20.2. The number of rotatable bonds is 9. The molecular formula is C45H55NO15. The molecule has 16 heteroatoms. The van der Waals surface area contributed by atoms with Gasteiger partial charge in [0.05, 0.1) is 29.6 Å². The summed E-state index contributed by atoms with van der Waals surface area (Å²) in [5, 5.41) is 40.3. The van der Waals surface area contributed by atoms with Gasteiger partial charge in [-0.2, -0.15) is 0 Å². The zero-order valence-electron chi connectivity index (χ0n) is 35.8. The fraction of sp³-hybridized carbons (Fsp3) is 0.556. The maximum absolute atomic E-state index is 15.0. The van der Waals surface area contributed by atoms with Crippen molar-refractivity contribution < 1.29 is 72.5 Å². The largest absolute Gasteiger partial charge is 0.455 e. The third kappa shape index (κ3) is 7.94. The van der Waals surface area contributed by atoms with Crippen molar-refractivity contribution in [2.24, 2.45) is 16.7 Å². The Hall–Kier alpha value is -5.16. The van der Waals surface area contributed by atoms with Gasteiger partial charge in [-0.1, -0.05) is 62.4 Å². The lowest BCUT2D eigenvalue weighted by molar-refractivity contribution is -0.346. The maximum Gasteiger partial charge on any atom is 0.408 e. The quantitative estimate of drug-likeness (QED) is 0.160. The number of hydrogen-bond acceptors (Lipinski definition) is 15. The molecule has 1 saturated heterocycles. The van der Waals surface area contributed by atoms with E-state index in [0.29, 0.717) is 5.56 Å². The van der Waals surface area contributed by atoms with Gasteiger partial charge in [0.15, 0.2) is 11.4 Å². The van der Waals surface area contributed by atoms with Crippen molar-refractivity contribution in [3.63, 3.8) is 0 Å². The van der Waals surface area contributed by atoms with Crippen LogP contribution in [0.5, 0.6) is 0 Å². The van der Waals surface area contributed by atoms with E-state index in [1.807, 2.05) is 0 Å². The maximum atomic E-state index is 15.0. The fourth-order valence-electron chi connectivity index (χ4n) is 9.84. The number of Topliss-reactive ketones (excluding diaryl/α,β-unsaturated/α-hetero) is 1. The van der Waals surface area contributed by atoms with E-state index < -0.39 is 118 Å². The summed E-state index contributed by atoms with van der Waals surface area (Å²) in [6, 6.07) is 14.6.